The lowest BCUT2D eigenvalue weighted by Gasteiger charge is -2.25. The van der Waals surface area contributed by atoms with Crippen LogP contribution in [0.5, 0.6) is 0 Å². The van der Waals surface area contributed by atoms with E-state index < -0.39 is 22.4 Å². The molecule has 0 spiro atoms. The predicted octanol–water partition coefficient (Wildman–Crippen LogP) is 5.31. The van der Waals surface area contributed by atoms with Gasteiger partial charge in [0.2, 0.25) is 0 Å². The molecule has 264 valence electrons. The summed E-state index contributed by atoms with van der Waals surface area (Å²) in [6, 6.07) is 0. The molecular formula is C34H64N2O9. The molecular weight excluding hydrogens is 580 g/mol. The minimum absolute atomic E-state index is 0.231. The first-order valence-corrected chi connectivity index (χ1v) is 16.3. The first-order chi connectivity index (χ1) is 20.4. The van der Waals surface area contributed by atoms with Crippen LogP contribution >= 0.6 is 0 Å². The van der Waals surface area contributed by atoms with Crippen molar-refractivity contribution in [1.82, 2.24) is 9.80 Å². The number of hydrogen-bond acceptors (Lipinski definition) is 11. The van der Waals surface area contributed by atoms with Crippen LogP contribution in [-0.2, 0) is 42.9 Å². The van der Waals surface area contributed by atoms with E-state index in [0.717, 1.165) is 12.8 Å². The number of carbonyl (C=O) groups is 4. The molecule has 0 saturated heterocycles. The standard InChI is InChI=1S/C34H64N2O9/c1-31(2,3)42-27(37)15-21-35(22-16-28(38)43-32(4,5)6)19-13-25-41-26-14-20-36(23-17-29(39)44-33(7,8)9)24-18-30(40)45-34(10,11)12/h13-26H2,1-12H3. The Bertz CT molecular complexity index is 757. The lowest BCUT2D eigenvalue weighted by Crippen LogP contribution is -2.34. The molecule has 0 aliphatic carbocycles. The molecule has 0 saturated carbocycles. The Labute approximate surface area is 273 Å². The van der Waals surface area contributed by atoms with Gasteiger partial charge in [-0.05, 0) is 95.9 Å². The fraction of sp³-hybridized carbons (Fsp3) is 0.882. The molecule has 0 bridgehead atoms. The van der Waals surface area contributed by atoms with Gasteiger partial charge in [-0.25, -0.2) is 0 Å². The van der Waals surface area contributed by atoms with Crippen LogP contribution in [0.2, 0.25) is 0 Å². The van der Waals surface area contributed by atoms with Gasteiger partial charge in [-0.15, -0.1) is 0 Å². The van der Waals surface area contributed by atoms with Crippen LogP contribution in [-0.4, -0.2) is 109 Å². The highest BCUT2D eigenvalue weighted by atomic mass is 16.6. The smallest absolute Gasteiger partial charge is 0.307 e. The summed E-state index contributed by atoms with van der Waals surface area (Å²) in [6.07, 6.45) is 2.38. The number of esters is 4. The van der Waals surface area contributed by atoms with Gasteiger partial charge in [0.15, 0.2) is 0 Å². The van der Waals surface area contributed by atoms with Crippen LogP contribution in [0.25, 0.3) is 0 Å². The largest absolute Gasteiger partial charge is 0.460 e. The highest BCUT2D eigenvalue weighted by Gasteiger charge is 2.21. The second kappa shape index (κ2) is 20.1. The van der Waals surface area contributed by atoms with Crippen LogP contribution in [0.15, 0.2) is 0 Å². The first-order valence-electron chi connectivity index (χ1n) is 16.3. The molecule has 0 amide bonds. The Morgan fingerprint density at radius 2 is 0.622 bits per heavy atom. The molecule has 0 N–H and O–H groups in total. The van der Waals surface area contributed by atoms with Crippen molar-refractivity contribution in [3.63, 3.8) is 0 Å². The summed E-state index contributed by atoms with van der Waals surface area (Å²) < 4.78 is 27.6. The fourth-order valence-electron chi connectivity index (χ4n) is 4.12. The second-order valence-corrected chi connectivity index (χ2v) is 15.3. The zero-order valence-electron chi connectivity index (χ0n) is 30.5. The van der Waals surface area contributed by atoms with Gasteiger partial charge in [0.05, 0.1) is 25.7 Å². The van der Waals surface area contributed by atoms with Crippen molar-refractivity contribution in [2.24, 2.45) is 0 Å². The van der Waals surface area contributed by atoms with Crippen molar-refractivity contribution in [2.75, 3.05) is 52.5 Å². The molecule has 0 rings (SSSR count). The molecule has 0 fully saturated rings. The SMILES string of the molecule is CC(C)(C)OC(=O)CCN(CCCOCCCN(CCC(=O)OC(C)(C)C)CCC(=O)OC(C)(C)C)CCC(=O)OC(C)(C)C. The molecule has 0 atom stereocenters. The van der Waals surface area contributed by atoms with E-state index in [1.807, 2.05) is 83.1 Å². The van der Waals surface area contributed by atoms with Crippen LogP contribution in [0, 0.1) is 0 Å². The zero-order valence-corrected chi connectivity index (χ0v) is 30.5. The summed E-state index contributed by atoms with van der Waals surface area (Å²) in [4.78, 5) is 53.2. The minimum atomic E-state index is -0.548. The van der Waals surface area contributed by atoms with Crippen LogP contribution in [0.3, 0.4) is 0 Å². The molecule has 0 aromatic heterocycles. The maximum atomic E-state index is 12.3. The third-order valence-corrected chi connectivity index (χ3v) is 5.73. The number of carbonyl (C=O) groups excluding carboxylic acids is 4. The molecule has 11 heteroatoms. The van der Waals surface area contributed by atoms with Gasteiger partial charge in [-0.1, -0.05) is 0 Å². The Kier molecular flexibility index (Phi) is 19.1. The monoisotopic (exact) mass is 644 g/mol. The van der Waals surface area contributed by atoms with Crippen molar-refractivity contribution in [3.8, 4) is 0 Å². The maximum Gasteiger partial charge on any atom is 0.307 e. The summed E-state index contributed by atoms with van der Waals surface area (Å²) in [7, 11) is 0. The Morgan fingerprint density at radius 1 is 0.400 bits per heavy atom. The van der Waals surface area contributed by atoms with Crippen LogP contribution in [0.1, 0.15) is 122 Å². The zero-order chi connectivity index (χ0) is 34.9. The lowest BCUT2D eigenvalue weighted by atomic mass is 10.2. The van der Waals surface area contributed by atoms with E-state index in [1.165, 1.54) is 0 Å². The summed E-state index contributed by atoms with van der Waals surface area (Å²) in [5.74, 6) is -1.10. The van der Waals surface area contributed by atoms with E-state index in [-0.39, 0.29) is 49.6 Å². The molecule has 45 heavy (non-hydrogen) atoms. The van der Waals surface area contributed by atoms with Gasteiger partial charge in [0, 0.05) is 52.5 Å². The summed E-state index contributed by atoms with van der Waals surface area (Å²) >= 11 is 0. The van der Waals surface area contributed by atoms with E-state index >= 15 is 0 Å². The minimum Gasteiger partial charge on any atom is -0.460 e. The van der Waals surface area contributed by atoms with Crippen molar-refractivity contribution < 1.29 is 42.9 Å². The molecule has 0 heterocycles. The number of ether oxygens (including phenoxy) is 5. The third-order valence-electron chi connectivity index (χ3n) is 5.73. The highest BCUT2D eigenvalue weighted by molar-refractivity contribution is 5.71. The molecule has 0 radical (unpaired) electrons. The molecule has 0 unspecified atom stereocenters. The first kappa shape index (κ1) is 42.8. The van der Waals surface area contributed by atoms with Gasteiger partial charge in [-0.3, -0.25) is 19.2 Å². The Balaban J connectivity index is 4.80. The average molecular weight is 645 g/mol. The average Bonchev–Trinajstić information content (AvgIpc) is 2.81. The van der Waals surface area contributed by atoms with E-state index in [1.54, 1.807) is 0 Å². The second-order valence-electron chi connectivity index (χ2n) is 15.3. The highest BCUT2D eigenvalue weighted by Crippen LogP contribution is 2.13. The number of hydrogen-bond donors (Lipinski definition) is 0. The predicted molar refractivity (Wildman–Crippen MR) is 175 cm³/mol. The maximum absolute atomic E-state index is 12.3. The van der Waals surface area contributed by atoms with E-state index in [4.69, 9.17) is 23.7 Å². The van der Waals surface area contributed by atoms with E-state index in [0.29, 0.717) is 52.5 Å². The number of nitrogens with zero attached hydrogens (tertiary/aromatic N) is 2. The van der Waals surface area contributed by atoms with E-state index in [2.05, 4.69) is 9.80 Å². The fourth-order valence-corrected chi connectivity index (χ4v) is 4.12. The molecule has 11 nitrogen and oxygen atoms in total. The van der Waals surface area contributed by atoms with Gasteiger partial charge < -0.3 is 33.5 Å². The van der Waals surface area contributed by atoms with Crippen molar-refractivity contribution in [1.29, 1.82) is 0 Å². The summed E-state index contributed by atoms with van der Waals surface area (Å²) in [5, 5.41) is 0. The van der Waals surface area contributed by atoms with Gasteiger partial charge >= 0.3 is 23.9 Å². The van der Waals surface area contributed by atoms with Gasteiger partial charge in [-0.2, -0.15) is 0 Å². The Hall–Kier alpha value is -2.24. The van der Waals surface area contributed by atoms with Gasteiger partial charge in [0.25, 0.3) is 0 Å². The molecule has 0 aliphatic heterocycles. The lowest BCUT2D eigenvalue weighted by molar-refractivity contribution is -0.157. The summed E-state index contributed by atoms with van der Waals surface area (Å²) in [5.41, 5.74) is -2.19. The molecule has 0 aromatic rings. The van der Waals surface area contributed by atoms with Crippen molar-refractivity contribution in [3.05, 3.63) is 0 Å². The van der Waals surface area contributed by atoms with E-state index in [9.17, 15) is 19.2 Å². The van der Waals surface area contributed by atoms with Crippen LogP contribution in [0.4, 0.5) is 0 Å². The number of rotatable bonds is 20. The molecule has 0 aliphatic rings. The third kappa shape index (κ3) is 28.9. The van der Waals surface area contributed by atoms with Gasteiger partial charge in [0.1, 0.15) is 22.4 Å². The Morgan fingerprint density at radius 3 is 0.822 bits per heavy atom. The van der Waals surface area contributed by atoms with Crippen LogP contribution < -0.4 is 0 Å². The van der Waals surface area contributed by atoms with Crippen molar-refractivity contribution in [2.45, 2.75) is 144 Å². The summed E-state index contributed by atoms with van der Waals surface area (Å²) in [6.45, 7) is 26.3. The normalized spacial score (nSPS) is 12.8. The topological polar surface area (TPSA) is 121 Å². The molecule has 0 aromatic carbocycles. The quantitative estimate of drug-likeness (QED) is 0.0973. The van der Waals surface area contributed by atoms with Crippen molar-refractivity contribution >= 4 is 23.9 Å².